The van der Waals surface area contributed by atoms with Gasteiger partial charge in [-0.1, -0.05) is 11.8 Å². The molecule has 2 amide bonds. The Labute approximate surface area is 108 Å². The first-order chi connectivity index (χ1) is 8.52. The largest absolute Gasteiger partial charge is 0.395 e. The second-order valence-corrected chi connectivity index (χ2v) is 4.19. The van der Waals surface area contributed by atoms with Crippen LogP contribution in [0.2, 0.25) is 0 Å². The number of aliphatic hydroxyl groups is 1. The number of urea groups is 1. The maximum absolute atomic E-state index is 11.5. The molecule has 0 radical (unpaired) electrons. The number of carbonyl (C=O) groups is 1. The van der Waals surface area contributed by atoms with Gasteiger partial charge in [-0.15, -0.1) is 0 Å². The lowest BCUT2D eigenvalue weighted by Gasteiger charge is -2.12. The number of benzene rings is 1. The van der Waals surface area contributed by atoms with Gasteiger partial charge < -0.3 is 15.3 Å². The van der Waals surface area contributed by atoms with Gasteiger partial charge in [0, 0.05) is 31.8 Å². The van der Waals surface area contributed by atoms with Crippen LogP contribution >= 0.6 is 0 Å². The molecule has 0 bridgehead atoms. The van der Waals surface area contributed by atoms with Crippen LogP contribution in [-0.4, -0.2) is 36.7 Å². The number of rotatable bonds is 2. The Morgan fingerprint density at radius 1 is 1.39 bits per heavy atom. The highest BCUT2D eigenvalue weighted by Gasteiger charge is 2.04. The van der Waals surface area contributed by atoms with E-state index in [4.69, 9.17) is 5.11 Å². The Morgan fingerprint density at radius 2 is 2.11 bits per heavy atom. The lowest BCUT2D eigenvalue weighted by molar-refractivity contribution is 0.230. The minimum atomic E-state index is -0.171. The molecule has 0 heterocycles. The zero-order chi connectivity index (χ0) is 13.5. The van der Waals surface area contributed by atoms with E-state index in [1.165, 1.54) is 4.90 Å². The van der Waals surface area contributed by atoms with E-state index in [9.17, 15) is 4.79 Å². The van der Waals surface area contributed by atoms with Gasteiger partial charge in [0.25, 0.3) is 0 Å². The summed E-state index contributed by atoms with van der Waals surface area (Å²) >= 11 is 0. The summed E-state index contributed by atoms with van der Waals surface area (Å²) in [5.41, 5.74) is 2.58. The monoisotopic (exact) mass is 246 g/mol. The lowest BCUT2D eigenvalue weighted by atomic mass is 10.1. The molecule has 4 heteroatoms. The van der Waals surface area contributed by atoms with Crippen molar-refractivity contribution in [3.63, 3.8) is 0 Å². The van der Waals surface area contributed by atoms with Crippen molar-refractivity contribution in [1.29, 1.82) is 0 Å². The summed E-state index contributed by atoms with van der Waals surface area (Å²) in [6, 6.07) is 5.47. The second-order valence-electron chi connectivity index (χ2n) is 4.19. The Kier molecular flexibility index (Phi) is 5.22. The van der Waals surface area contributed by atoms with Crippen molar-refractivity contribution in [2.45, 2.75) is 13.3 Å². The Hall–Kier alpha value is -1.99. The highest BCUT2D eigenvalue weighted by Crippen LogP contribution is 2.14. The van der Waals surface area contributed by atoms with Crippen molar-refractivity contribution >= 4 is 11.7 Å². The topological polar surface area (TPSA) is 52.6 Å². The molecule has 0 spiro atoms. The van der Waals surface area contributed by atoms with Crippen LogP contribution in [0.25, 0.3) is 0 Å². The summed E-state index contributed by atoms with van der Waals surface area (Å²) in [6.45, 7) is 2.01. The minimum Gasteiger partial charge on any atom is -0.395 e. The average Bonchev–Trinajstić information content (AvgIpc) is 2.28. The fourth-order valence-electron chi connectivity index (χ4n) is 1.38. The molecule has 0 aliphatic heterocycles. The molecule has 0 atom stereocenters. The minimum absolute atomic E-state index is 0.0586. The number of anilines is 1. The fraction of sp³-hybridized carbons (Fsp3) is 0.357. The Balaban J connectivity index is 2.88. The molecule has 2 N–H and O–H groups in total. The summed E-state index contributed by atoms with van der Waals surface area (Å²) in [4.78, 5) is 13.0. The highest BCUT2D eigenvalue weighted by atomic mass is 16.2. The third kappa shape index (κ3) is 4.48. The predicted octanol–water partition coefficient (Wildman–Crippen LogP) is 1.82. The standard InChI is InChI=1S/C14H18N2O2/c1-11-8-12(6-4-5-7-17)10-13(9-11)15-14(18)16(2)3/h8-10,17H,5,7H2,1-3H3,(H,15,18). The van der Waals surface area contributed by atoms with Gasteiger partial charge in [-0.3, -0.25) is 0 Å². The molecule has 0 unspecified atom stereocenters. The van der Waals surface area contributed by atoms with Crippen molar-refractivity contribution in [3.8, 4) is 11.8 Å². The van der Waals surface area contributed by atoms with Crippen LogP contribution in [0, 0.1) is 18.8 Å². The Morgan fingerprint density at radius 3 is 2.72 bits per heavy atom. The molecule has 18 heavy (non-hydrogen) atoms. The maximum atomic E-state index is 11.5. The van der Waals surface area contributed by atoms with E-state index >= 15 is 0 Å². The molecule has 96 valence electrons. The number of nitrogens with zero attached hydrogens (tertiary/aromatic N) is 1. The van der Waals surface area contributed by atoms with Crippen LogP contribution in [0.4, 0.5) is 10.5 Å². The van der Waals surface area contributed by atoms with Crippen LogP contribution in [0.5, 0.6) is 0 Å². The number of hydrogen-bond acceptors (Lipinski definition) is 2. The zero-order valence-corrected chi connectivity index (χ0v) is 10.9. The number of aliphatic hydroxyl groups excluding tert-OH is 1. The van der Waals surface area contributed by atoms with Gasteiger partial charge in [-0.2, -0.15) is 0 Å². The van der Waals surface area contributed by atoms with Crippen molar-refractivity contribution in [3.05, 3.63) is 29.3 Å². The van der Waals surface area contributed by atoms with Crippen molar-refractivity contribution < 1.29 is 9.90 Å². The van der Waals surface area contributed by atoms with E-state index in [0.29, 0.717) is 6.42 Å². The zero-order valence-electron chi connectivity index (χ0n) is 10.9. The molecule has 0 aliphatic rings. The van der Waals surface area contributed by atoms with Gasteiger partial charge in [0.15, 0.2) is 0 Å². The summed E-state index contributed by atoms with van der Waals surface area (Å²) < 4.78 is 0. The van der Waals surface area contributed by atoms with Crippen LogP contribution in [-0.2, 0) is 0 Å². The molecule has 4 nitrogen and oxygen atoms in total. The molecular weight excluding hydrogens is 228 g/mol. The number of nitrogens with one attached hydrogen (secondary N) is 1. The van der Waals surface area contributed by atoms with Crippen LogP contribution < -0.4 is 5.32 Å². The number of carbonyl (C=O) groups excluding carboxylic acids is 1. The lowest BCUT2D eigenvalue weighted by Crippen LogP contribution is -2.27. The third-order valence-corrected chi connectivity index (χ3v) is 2.20. The van der Waals surface area contributed by atoms with E-state index in [1.807, 2.05) is 25.1 Å². The number of aryl methyl sites for hydroxylation is 1. The van der Waals surface area contributed by atoms with E-state index < -0.39 is 0 Å². The smallest absolute Gasteiger partial charge is 0.321 e. The second kappa shape index (κ2) is 6.67. The highest BCUT2D eigenvalue weighted by molar-refractivity contribution is 5.89. The van der Waals surface area contributed by atoms with Gasteiger partial charge in [-0.25, -0.2) is 4.79 Å². The molecule has 1 aromatic carbocycles. The first-order valence-electron chi connectivity index (χ1n) is 5.72. The van der Waals surface area contributed by atoms with Gasteiger partial charge in [0.1, 0.15) is 0 Å². The molecule has 0 saturated heterocycles. The summed E-state index contributed by atoms with van der Waals surface area (Å²) in [5, 5.41) is 11.5. The van der Waals surface area contributed by atoms with Crippen LogP contribution in [0.3, 0.4) is 0 Å². The maximum Gasteiger partial charge on any atom is 0.321 e. The van der Waals surface area contributed by atoms with E-state index in [0.717, 1.165) is 16.8 Å². The molecule has 1 rings (SSSR count). The normalized spacial score (nSPS) is 9.33. The first-order valence-corrected chi connectivity index (χ1v) is 5.72. The predicted molar refractivity (Wildman–Crippen MR) is 72.5 cm³/mol. The molecule has 0 aliphatic carbocycles. The molecule has 0 aromatic heterocycles. The van der Waals surface area contributed by atoms with Gasteiger partial charge in [-0.05, 0) is 30.7 Å². The van der Waals surface area contributed by atoms with Gasteiger partial charge in [0.05, 0.1) is 6.61 Å². The fourth-order valence-corrected chi connectivity index (χ4v) is 1.38. The van der Waals surface area contributed by atoms with E-state index in [-0.39, 0.29) is 12.6 Å². The van der Waals surface area contributed by atoms with Crippen molar-refractivity contribution in [2.75, 3.05) is 26.0 Å². The Bertz CT molecular complexity index is 484. The number of hydrogen-bond donors (Lipinski definition) is 2. The number of amides is 2. The molecular formula is C14H18N2O2. The van der Waals surface area contributed by atoms with Gasteiger partial charge in [0.2, 0.25) is 0 Å². The molecule has 1 aromatic rings. The average molecular weight is 246 g/mol. The first kappa shape index (κ1) is 14.1. The van der Waals surface area contributed by atoms with E-state index in [1.54, 1.807) is 14.1 Å². The van der Waals surface area contributed by atoms with Crippen molar-refractivity contribution in [2.24, 2.45) is 0 Å². The van der Waals surface area contributed by atoms with Crippen molar-refractivity contribution in [1.82, 2.24) is 4.90 Å². The quantitative estimate of drug-likeness (QED) is 0.782. The molecule has 0 fully saturated rings. The summed E-state index contributed by atoms with van der Waals surface area (Å²) in [5.74, 6) is 5.81. The third-order valence-electron chi connectivity index (χ3n) is 2.20. The van der Waals surface area contributed by atoms with Gasteiger partial charge >= 0.3 is 6.03 Å². The SMILES string of the molecule is Cc1cc(C#CCCO)cc(NC(=O)N(C)C)c1. The van der Waals surface area contributed by atoms with Crippen LogP contribution in [0.15, 0.2) is 18.2 Å². The van der Waals surface area contributed by atoms with E-state index in [2.05, 4.69) is 17.2 Å². The van der Waals surface area contributed by atoms with Crippen LogP contribution in [0.1, 0.15) is 17.5 Å². The summed E-state index contributed by atoms with van der Waals surface area (Å²) in [7, 11) is 3.38. The summed E-state index contributed by atoms with van der Waals surface area (Å²) in [6.07, 6.45) is 0.452. The molecule has 0 saturated carbocycles.